The molecule has 1 aromatic heterocycles. The van der Waals surface area contributed by atoms with Gasteiger partial charge in [0.15, 0.2) is 11.5 Å². The minimum absolute atomic E-state index is 0. The van der Waals surface area contributed by atoms with Crippen LogP contribution in [0.1, 0.15) is 42.9 Å². The number of rotatable bonds is 8. The van der Waals surface area contributed by atoms with Crippen LogP contribution in [0.25, 0.3) is 6.08 Å². The van der Waals surface area contributed by atoms with Crippen molar-refractivity contribution in [2.75, 3.05) is 39.2 Å². The Hall–Kier alpha value is -3.10. The predicted molar refractivity (Wildman–Crippen MR) is 143 cm³/mol. The van der Waals surface area contributed by atoms with Crippen LogP contribution in [0.3, 0.4) is 0 Å². The average molecular weight is 515 g/mol. The van der Waals surface area contributed by atoms with E-state index >= 15 is 0 Å². The minimum atomic E-state index is -0.368. The Morgan fingerprint density at radius 1 is 1.28 bits per heavy atom. The van der Waals surface area contributed by atoms with Crippen molar-refractivity contribution >= 4 is 36.1 Å². The molecule has 2 aliphatic heterocycles. The van der Waals surface area contributed by atoms with Gasteiger partial charge >= 0.3 is 0 Å². The number of para-hydroxylation sites is 1. The van der Waals surface area contributed by atoms with Crippen molar-refractivity contribution in [3.05, 3.63) is 53.2 Å². The maximum Gasteiger partial charge on any atom is 0.246 e. The van der Waals surface area contributed by atoms with Crippen LogP contribution in [0.15, 0.2) is 36.5 Å². The van der Waals surface area contributed by atoms with Crippen LogP contribution in [0.5, 0.6) is 11.5 Å². The van der Waals surface area contributed by atoms with Gasteiger partial charge < -0.3 is 25.0 Å². The number of benzene rings is 1. The van der Waals surface area contributed by atoms with E-state index in [1.54, 1.807) is 37.4 Å². The molecule has 0 aliphatic carbocycles. The third-order valence-corrected chi connectivity index (χ3v) is 6.72. The number of pyridine rings is 1. The van der Waals surface area contributed by atoms with Crippen LogP contribution < -0.4 is 20.1 Å². The Labute approximate surface area is 218 Å². The van der Waals surface area contributed by atoms with Crippen molar-refractivity contribution in [1.29, 1.82) is 0 Å². The number of hydrogen-bond acceptors (Lipinski definition) is 6. The van der Waals surface area contributed by atoms with Crippen molar-refractivity contribution in [1.82, 2.24) is 15.2 Å². The van der Waals surface area contributed by atoms with Crippen LogP contribution in [0, 0.1) is 5.41 Å². The third-order valence-electron chi connectivity index (χ3n) is 6.72. The number of piperidine rings is 1. The number of halogens is 1. The Bertz CT molecular complexity index is 1110. The van der Waals surface area contributed by atoms with Crippen molar-refractivity contribution in [2.45, 2.75) is 39.2 Å². The fourth-order valence-electron chi connectivity index (χ4n) is 4.70. The topological polar surface area (TPSA) is 92.8 Å². The number of amides is 2. The molecule has 0 bridgehead atoms. The molecule has 9 heteroatoms. The molecular weight excluding hydrogens is 480 g/mol. The fourth-order valence-corrected chi connectivity index (χ4v) is 4.70. The number of ether oxygens (including phenoxy) is 2. The zero-order chi connectivity index (χ0) is 24.8. The first-order chi connectivity index (χ1) is 17.0. The molecule has 0 atom stereocenters. The minimum Gasteiger partial charge on any atom is -0.493 e. The maximum atomic E-state index is 12.9. The predicted octanol–water partition coefficient (Wildman–Crippen LogP) is 3.84. The number of likely N-dealkylation sites (N-methyl/N-ethyl adjacent to an activating group) is 1. The quantitative estimate of drug-likeness (QED) is 0.520. The van der Waals surface area contributed by atoms with Crippen LogP contribution in [0.2, 0.25) is 0 Å². The average Bonchev–Trinajstić information content (AvgIpc) is 2.87. The molecule has 2 aliphatic rings. The summed E-state index contributed by atoms with van der Waals surface area (Å²) in [6.07, 6.45) is 8.20. The molecular formula is C27H35ClN4O4. The number of methoxy groups -OCH3 is 1. The molecule has 36 heavy (non-hydrogen) atoms. The van der Waals surface area contributed by atoms with Gasteiger partial charge in [-0.2, -0.15) is 0 Å². The highest BCUT2D eigenvalue weighted by Gasteiger charge is 2.43. The van der Waals surface area contributed by atoms with Crippen LogP contribution in [-0.4, -0.2) is 55.6 Å². The Morgan fingerprint density at radius 3 is 2.78 bits per heavy atom. The number of fused-ring (bicyclic) bond motifs is 1. The first kappa shape index (κ1) is 27.5. The van der Waals surface area contributed by atoms with Crippen molar-refractivity contribution in [3.8, 4) is 11.5 Å². The van der Waals surface area contributed by atoms with E-state index in [9.17, 15) is 9.59 Å². The molecule has 4 rings (SSSR count). The molecule has 2 amide bonds. The molecule has 1 aromatic carbocycles. The molecule has 2 N–H and O–H groups in total. The summed E-state index contributed by atoms with van der Waals surface area (Å²) in [4.78, 5) is 31.7. The lowest BCUT2D eigenvalue weighted by Gasteiger charge is -2.39. The van der Waals surface area contributed by atoms with E-state index < -0.39 is 0 Å². The summed E-state index contributed by atoms with van der Waals surface area (Å²) in [5.74, 6) is 1.89. The van der Waals surface area contributed by atoms with Gasteiger partial charge in [0.1, 0.15) is 5.82 Å². The lowest BCUT2D eigenvalue weighted by Crippen LogP contribution is -2.48. The summed E-state index contributed by atoms with van der Waals surface area (Å²) in [6, 6.07) is 7.72. The zero-order valence-electron chi connectivity index (χ0n) is 21.1. The number of nitrogens with zero attached hydrogens (tertiary/aromatic N) is 2. The summed E-state index contributed by atoms with van der Waals surface area (Å²) >= 11 is 0. The van der Waals surface area contributed by atoms with Crippen molar-refractivity contribution in [2.24, 2.45) is 5.41 Å². The third kappa shape index (κ3) is 5.99. The van der Waals surface area contributed by atoms with Gasteiger partial charge in [-0.05, 0) is 68.1 Å². The summed E-state index contributed by atoms with van der Waals surface area (Å²) in [5.41, 5.74) is 2.37. The highest BCUT2D eigenvalue weighted by Crippen LogP contribution is 2.39. The lowest BCUT2D eigenvalue weighted by atomic mass is 9.71. The second-order valence-corrected chi connectivity index (χ2v) is 9.26. The van der Waals surface area contributed by atoms with Crippen molar-refractivity contribution < 1.29 is 19.1 Å². The fraction of sp³-hybridized carbons (Fsp3) is 0.444. The highest BCUT2D eigenvalue weighted by atomic mass is 35.5. The Balaban J connectivity index is 0.00000361. The van der Waals surface area contributed by atoms with Gasteiger partial charge in [-0.3, -0.25) is 9.59 Å². The van der Waals surface area contributed by atoms with Crippen LogP contribution in [0.4, 0.5) is 5.82 Å². The molecule has 1 spiro atoms. The molecule has 0 radical (unpaired) electrons. The normalized spacial score (nSPS) is 16.1. The van der Waals surface area contributed by atoms with E-state index in [0.29, 0.717) is 36.9 Å². The Morgan fingerprint density at radius 2 is 2.06 bits per heavy atom. The number of hydrogen-bond donors (Lipinski definition) is 2. The molecule has 2 aromatic rings. The summed E-state index contributed by atoms with van der Waals surface area (Å²) in [7, 11) is 3.37. The summed E-state index contributed by atoms with van der Waals surface area (Å²) < 4.78 is 11.3. The van der Waals surface area contributed by atoms with Gasteiger partial charge in [0.05, 0.1) is 19.1 Å². The van der Waals surface area contributed by atoms with E-state index in [4.69, 9.17) is 9.47 Å². The summed E-state index contributed by atoms with van der Waals surface area (Å²) in [6.45, 7) is 4.70. The number of carbonyl (C=O) groups excluding carboxylic acids is 2. The first-order valence-electron chi connectivity index (χ1n) is 12.2. The number of nitrogens with one attached hydrogen (secondary N) is 2. The van der Waals surface area contributed by atoms with E-state index in [1.165, 1.54) is 0 Å². The largest absolute Gasteiger partial charge is 0.493 e. The maximum absolute atomic E-state index is 12.9. The first-order valence-corrected chi connectivity index (χ1v) is 12.2. The Kier molecular flexibility index (Phi) is 9.34. The van der Waals surface area contributed by atoms with Crippen molar-refractivity contribution in [3.63, 3.8) is 0 Å². The summed E-state index contributed by atoms with van der Waals surface area (Å²) in [5, 5.41) is 6.32. The smallest absolute Gasteiger partial charge is 0.246 e. The van der Waals surface area contributed by atoms with Gasteiger partial charge in [0, 0.05) is 31.4 Å². The van der Waals surface area contributed by atoms with Gasteiger partial charge in [-0.25, -0.2) is 4.98 Å². The van der Waals surface area contributed by atoms with E-state index in [0.717, 1.165) is 49.0 Å². The number of aromatic nitrogens is 1. The van der Waals surface area contributed by atoms with Gasteiger partial charge in [0.25, 0.3) is 0 Å². The standard InChI is InChI=1S/C27H34N4O4.ClH/c1-4-14-35-24-20(6-5-7-22(24)34-3)18-31(2)23(32)9-8-19-15-21-16-27(10-12-28-13-11-27)26(33)30-25(21)29-17-19;/h5-9,15,17,28H,4,10-14,16,18H2,1-3H3,(H,29,30,33);1H/b9-8+;. The second kappa shape index (κ2) is 12.2. The second-order valence-electron chi connectivity index (χ2n) is 9.26. The SMILES string of the molecule is CCCOc1c(CN(C)C(=O)/C=C/c2cnc3c(c2)CC2(CCNCC2)C(=O)N3)cccc1OC.Cl. The molecule has 0 unspecified atom stereocenters. The van der Waals surface area contributed by atoms with E-state index in [2.05, 4.69) is 15.6 Å². The molecule has 0 saturated carbocycles. The van der Waals surface area contributed by atoms with Crippen LogP contribution >= 0.6 is 12.4 Å². The monoisotopic (exact) mass is 514 g/mol. The molecule has 3 heterocycles. The van der Waals surface area contributed by atoms with Gasteiger partial charge in [-0.15, -0.1) is 12.4 Å². The van der Waals surface area contributed by atoms with E-state index in [-0.39, 0.29) is 29.6 Å². The van der Waals surface area contributed by atoms with Gasteiger partial charge in [0.2, 0.25) is 11.8 Å². The van der Waals surface area contributed by atoms with Crippen LogP contribution in [-0.2, 0) is 22.6 Å². The lowest BCUT2D eigenvalue weighted by molar-refractivity contribution is -0.127. The van der Waals surface area contributed by atoms with E-state index in [1.807, 2.05) is 31.2 Å². The highest BCUT2D eigenvalue weighted by molar-refractivity contribution is 5.98. The zero-order valence-corrected chi connectivity index (χ0v) is 22.0. The molecule has 8 nitrogen and oxygen atoms in total. The molecule has 1 saturated heterocycles. The number of carbonyl (C=O) groups is 2. The number of anilines is 1. The molecule has 1 fully saturated rings. The van der Waals surface area contributed by atoms with Gasteiger partial charge in [-0.1, -0.05) is 19.1 Å². The molecule has 194 valence electrons.